The SMILES string of the molecule is FC1NCC2CC21. The third-order valence-corrected chi connectivity index (χ3v) is 1.93. The van der Waals surface area contributed by atoms with Gasteiger partial charge in [-0.25, -0.2) is 4.39 Å². The highest BCUT2D eigenvalue weighted by molar-refractivity contribution is 4.97. The van der Waals surface area contributed by atoms with Gasteiger partial charge in [-0.2, -0.15) is 0 Å². The van der Waals surface area contributed by atoms with Gasteiger partial charge in [0, 0.05) is 12.5 Å². The van der Waals surface area contributed by atoms with E-state index in [4.69, 9.17) is 0 Å². The molecular formula is C5H8FN. The molecule has 0 spiro atoms. The minimum Gasteiger partial charge on any atom is -0.287 e. The molecule has 1 nitrogen and oxygen atoms in total. The third kappa shape index (κ3) is 0.402. The molecule has 0 aromatic rings. The fraction of sp³-hybridized carbons (Fsp3) is 1.00. The van der Waals surface area contributed by atoms with Gasteiger partial charge in [-0.05, 0) is 12.3 Å². The Morgan fingerprint density at radius 3 is 2.57 bits per heavy atom. The normalized spacial score (nSPS) is 57.0. The zero-order chi connectivity index (χ0) is 4.85. The fourth-order valence-electron chi connectivity index (χ4n) is 1.28. The molecule has 3 unspecified atom stereocenters. The van der Waals surface area contributed by atoms with Crippen molar-refractivity contribution in [2.75, 3.05) is 6.54 Å². The number of nitrogens with one attached hydrogen (secondary N) is 1. The lowest BCUT2D eigenvalue weighted by atomic mass is 10.4. The molecule has 1 saturated carbocycles. The number of halogens is 1. The predicted octanol–water partition coefficient (Wildman–Crippen LogP) is 0.521. The highest BCUT2D eigenvalue weighted by Crippen LogP contribution is 2.45. The van der Waals surface area contributed by atoms with Crippen molar-refractivity contribution in [2.24, 2.45) is 11.8 Å². The van der Waals surface area contributed by atoms with E-state index in [1.807, 2.05) is 0 Å². The van der Waals surface area contributed by atoms with Gasteiger partial charge < -0.3 is 0 Å². The molecule has 2 rings (SSSR count). The summed E-state index contributed by atoms with van der Waals surface area (Å²) < 4.78 is 12.2. The molecular weight excluding hydrogens is 93.1 g/mol. The number of alkyl halides is 1. The predicted molar refractivity (Wildman–Crippen MR) is 24.5 cm³/mol. The second-order valence-electron chi connectivity index (χ2n) is 2.47. The van der Waals surface area contributed by atoms with Crippen molar-refractivity contribution in [3.8, 4) is 0 Å². The summed E-state index contributed by atoms with van der Waals surface area (Å²) in [4.78, 5) is 0. The second kappa shape index (κ2) is 0.996. The van der Waals surface area contributed by atoms with Crippen molar-refractivity contribution in [1.29, 1.82) is 0 Å². The Labute approximate surface area is 41.9 Å². The summed E-state index contributed by atoms with van der Waals surface area (Å²) in [6.07, 6.45) is 0.471. The maximum absolute atomic E-state index is 12.2. The van der Waals surface area contributed by atoms with E-state index in [1.54, 1.807) is 0 Å². The van der Waals surface area contributed by atoms with Gasteiger partial charge in [0.25, 0.3) is 0 Å². The Morgan fingerprint density at radius 2 is 2.43 bits per heavy atom. The Kier molecular flexibility index (Phi) is 0.546. The number of rotatable bonds is 0. The Hall–Kier alpha value is -0.110. The lowest BCUT2D eigenvalue weighted by Crippen LogP contribution is -2.20. The Balaban J connectivity index is 2.08. The van der Waals surface area contributed by atoms with Crippen LogP contribution in [0.15, 0.2) is 0 Å². The average molecular weight is 101 g/mol. The summed E-state index contributed by atoms with van der Waals surface area (Å²) in [5, 5.41) is 2.75. The first-order valence-electron chi connectivity index (χ1n) is 2.75. The van der Waals surface area contributed by atoms with Crippen LogP contribution in [-0.4, -0.2) is 12.8 Å². The van der Waals surface area contributed by atoms with Gasteiger partial charge >= 0.3 is 0 Å². The van der Waals surface area contributed by atoms with Crippen molar-refractivity contribution >= 4 is 0 Å². The maximum atomic E-state index is 12.2. The molecule has 1 heterocycles. The minimum absolute atomic E-state index is 0.403. The molecule has 2 heteroatoms. The van der Waals surface area contributed by atoms with Crippen LogP contribution in [0.5, 0.6) is 0 Å². The Morgan fingerprint density at radius 1 is 1.57 bits per heavy atom. The van der Waals surface area contributed by atoms with E-state index in [-0.39, 0.29) is 0 Å². The van der Waals surface area contributed by atoms with Crippen LogP contribution in [-0.2, 0) is 0 Å². The average Bonchev–Trinajstić information content (AvgIpc) is 2.33. The van der Waals surface area contributed by atoms with Crippen LogP contribution in [0, 0.1) is 11.8 Å². The summed E-state index contributed by atoms with van der Waals surface area (Å²) in [7, 11) is 0. The highest BCUT2D eigenvalue weighted by atomic mass is 19.1. The van der Waals surface area contributed by atoms with Crippen LogP contribution in [0.4, 0.5) is 4.39 Å². The van der Waals surface area contributed by atoms with Crippen molar-refractivity contribution in [3.05, 3.63) is 0 Å². The van der Waals surface area contributed by atoms with Crippen molar-refractivity contribution < 1.29 is 4.39 Å². The maximum Gasteiger partial charge on any atom is 0.154 e. The molecule has 1 aliphatic carbocycles. The van der Waals surface area contributed by atoms with Gasteiger partial charge in [0.1, 0.15) is 0 Å². The van der Waals surface area contributed by atoms with Crippen LogP contribution in [0.1, 0.15) is 6.42 Å². The molecule has 0 amide bonds. The topological polar surface area (TPSA) is 12.0 Å². The van der Waals surface area contributed by atoms with E-state index < -0.39 is 6.30 Å². The van der Waals surface area contributed by atoms with Crippen LogP contribution in [0.25, 0.3) is 0 Å². The minimum atomic E-state index is -0.662. The largest absolute Gasteiger partial charge is 0.287 e. The quantitative estimate of drug-likeness (QED) is 0.439. The van der Waals surface area contributed by atoms with Crippen LogP contribution in [0.2, 0.25) is 0 Å². The summed E-state index contributed by atoms with van der Waals surface area (Å²) in [5.74, 6) is 1.11. The van der Waals surface area contributed by atoms with Crippen molar-refractivity contribution in [1.82, 2.24) is 5.32 Å². The fourth-order valence-corrected chi connectivity index (χ4v) is 1.28. The standard InChI is InChI=1S/C5H8FN/c6-5-4-1-3(4)2-7-5/h3-5,7H,1-2H2. The lowest BCUT2D eigenvalue weighted by Gasteiger charge is -1.97. The van der Waals surface area contributed by atoms with Gasteiger partial charge in [-0.3, -0.25) is 5.32 Å². The third-order valence-electron chi connectivity index (χ3n) is 1.93. The first-order valence-corrected chi connectivity index (χ1v) is 2.75. The monoisotopic (exact) mass is 101 g/mol. The van der Waals surface area contributed by atoms with E-state index in [0.29, 0.717) is 11.8 Å². The van der Waals surface area contributed by atoms with Gasteiger partial charge in [-0.15, -0.1) is 0 Å². The molecule has 1 N–H and O–H groups in total. The van der Waals surface area contributed by atoms with Crippen molar-refractivity contribution in [3.63, 3.8) is 0 Å². The van der Waals surface area contributed by atoms with Gasteiger partial charge in [-0.1, -0.05) is 0 Å². The van der Waals surface area contributed by atoms with E-state index in [1.165, 1.54) is 0 Å². The molecule has 2 aliphatic rings. The molecule has 2 fully saturated rings. The zero-order valence-corrected chi connectivity index (χ0v) is 4.02. The van der Waals surface area contributed by atoms with E-state index in [0.717, 1.165) is 13.0 Å². The number of hydrogen-bond donors (Lipinski definition) is 1. The first kappa shape index (κ1) is 3.84. The molecule has 0 bridgehead atoms. The van der Waals surface area contributed by atoms with Crippen LogP contribution < -0.4 is 5.32 Å². The number of piperidine rings is 1. The zero-order valence-electron chi connectivity index (χ0n) is 4.02. The number of fused-ring (bicyclic) bond motifs is 1. The van der Waals surface area contributed by atoms with E-state index in [2.05, 4.69) is 5.32 Å². The molecule has 0 aromatic heterocycles. The highest BCUT2D eigenvalue weighted by Gasteiger charge is 2.48. The number of hydrogen-bond acceptors (Lipinski definition) is 1. The van der Waals surface area contributed by atoms with Crippen LogP contribution >= 0.6 is 0 Å². The van der Waals surface area contributed by atoms with Crippen LogP contribution in [0.3, 0.4) is 0 Å². The van der Waals surface area contributed by atoms with Gasteiger partial charge in [0.2, 0.25) is 0 Å². The Bertz CT molecular complexity index is 94.1. The molecule has 1 saturated heterocycles. The molecule has 7 heavy (non-hydrogen) atoms. The van der Waals surface area contributed by atoms with Gasteiger partial charge in [0.15, 0.2) is 6.30 Å². The lowest BCUT2D eigenvalue weighted by molar-refractivity contribution is 0.275. The summed E-state index contributed by atoms with van der Waals surface area (Å²) in [5.41, 5.74) is 0. The summed E-state index contributed by atoms with van der Waals surface area (Å²) >= 11 is 0. The van der Waals surface area contributed by atoms with Gasteiger partial charge in [0.05, 0.1) is 0 Å². The molecule has 3 atom stereocenters. The van der Waals surface area contributed by atoms with Crippen molar-refractivity contribution in [2.45, 2.75) is 12.7 Å². The smallest absolute Gasteiger partial charge is 0.154 e. The second-order valence-corrected chi connectivity index (χ2v) is 2.47. The summed E-state index contributed by atoms with van der Waals surface area (Å²) in [6, 6.07) is 0. The summed E-state index contributed by atoms with van der Waals surface area (Å²) in [6.45, 7) is 0.922. The molecule has 40 valence electrons. The first-order chi connectivity index (χ1) is 3.38. The van der Waals surface area contributed by atoms with E-state index in [9.17, 15) is 4.39 Å². The molecule has 1 aliphatic heterocycles. The molecule has 0 aromatic carbocycles. The molecule has 0 radical (unpaired) electrons. The van der Waals surface area contributed by atoms with E-state index >= 15 is 0 Å².